The van der Waals surface area contributed by atoms with Crippen molar-refractivity contribution in [1.29, 1.82) is 5.26 Å². The number of nitrogens with one attached hydrogen (secondary N) is 1. The summed E-state index contributed by atoms with van der Waals surface area (Å²) in [5.41, 5.74) is -0.292. The van der Waals surface area contributed by atoms with Crippen molar-refractivity contribution in [3.05, 3.63) is 0 Å². The van der Waals surface area contributed by atoms with E-state index in [0.717, 1.165) is 32.6 Å². The Balaban J connectivity index is 2.64. The lowest BCUT2D eigenvalue weighted by molar-refractivity contribution is 0.205. The molecule has 1 aliphatic rings. The van der Waals surface area contributed by atoms with Gasteiger partial charge in [-0.05, 0) is 44.8 Å². The molecule has 0 aromatic carbocycles. The van der Waals surface area contributed by atoms with Gasteiger partial charge in [0.25, 0.3) is 0 Å². The third-order valence-corrected chi connectivity index (χ3v) is 3.43. The lowest BCUT2D eigenvalue weighted by atomic mass is 9.94. The molecule has 0 amide bonds. The van der Waals surface area contributed by atoms with E-state index >= 15 is 0 Å². The van der Waals surface area contributed by atoms with E-state index in [-0.39, 0.29) is 5.54 Å². The first-order valence-corrected chi connectivity index (χ1v) is 6.61. The second kappa shape index (κ2) is 6.22. The highest BCUT2D eigenvalue weighted by Crippen LogP contribution is 2.39. The van der Waals surface area contributed by atoms with E-state index in [1.165, 1.54) is 12.8 Å². The van der Waals surface area contributed by atoms with Crippen LogP contribution in [0.4, 0.5) is 0 Å². The molecule has 0 aromatic heterocycles. The minimum absolute atomic E-state index is 0.292. The summed E-state index contributed by atoms with van der Waals surface area (Å²) >= 11 is 0. The van der Waals surface area contributed by atoms with E-state index in [1.807, 2.05) is 0 Å². The highest BCUT2D eigenvalue weighted by atomic mass is 15.2. The van der Waals surface area contributed by atoms with Gasteiger partial charge in [0.05, 0.1) is 6.07 Å². The van der Waals surface area contributed by atoms with Crippen molar-refractivity contribution in [2.24, 2.45) is 5.92 Å². The highest BCUT2D eigenvalue weighted by Gasteiger charge is 2.45. The largest absolute Gasteiger partial charge is 0.301 e. The van der Waals surface area contributed by atoms with Gasteiger partial charge in [0.15, 0.2) is 0 Å². The van der Waals surface area contributed by atoms with Crippen LogP contribution in [0.3, 0.4) is 0 Å². The van der Waals surface area contributed by atoms with Crippen LogP contribution in [0, 0.1) is 17.2 Å². The number of nitriles is 1. The first kappa shape index (κ1) is 13.5. The van der Waals surface area contributed by atoms with Crippen LogP contribution in [0.25, 0.3) is 0 Å². The van der Waals surface area contributed by atoms with Gasteiger partial charge in [0.2, 0.25) is 0 Å². The zero-order chi connectivity index (χ0) is 12.0. The summed E-state index contributed by atoms with van der Waals surface area (Å²) in [4.78, 5) is 2.39. The summed E-state index contributed by atoms with van der Waals surface area (Å²) in [5, 5.41) is 12.9. The molecule has 0 spiro atoms. The standard InChI is InChI=1S/C13H25N3/c1-4-9-16(6-3)11-13(10-14,15-5-2)12-7-8-12/h12,15H,4-9,11H2,1-3H3. The molecule has 3 heteroatoms. The maximum Gasteiger partial charge on any atom is 0.122 e. The van der Waals surface area contributed by atoms with Crippen LogP contribution in [-0.4, -0.2) is 36.6 Å². The molecule has 1 rings (SSSR count). The summed E-state index contributed by atoms with van der Waals surface area (Å²) in [7, 11) is 0. The Morgan fingerprint density at radius 1 is 1.38 bits per heavy atom. The van der Waals surface area contributed by atoms with Crippen molar-refractivity contribution in [2.45, 2.75) is 45.6 Å². The molecular weight excluding hydrogens is 198 g/mol. The molecule has 1 saturated carbocycles. The Kier molecular flexibility index (Phi) is 5.24. The van der Waals surface area contributed by atoms with Crippen LogP contribution in [0.15, 0.2) is 0 Å². The van der Waals surface area contributed by atoms with Gasteiger partial charge in [-0.1, -0.05) is 20.8 Å². The second-order valence-corrected chi connectivity index (χ2v) is 4.76. The lowest BCUT2D eigenvalue weighted by Crippen LogP contribution is -2.54. The molecule has 0 aliphatic heterocycles. The van der Waals surface area contributed by atoms with Crippen LogP contribution < -0.4 is 5.32 Å². The van der Waals surface area contributed by atoms with E-state index < -0.39 is 0 Å². The number of hydrogen-bond donors (Lipinski definition) is 1. The quantitative estimate of drug-likeness (QED) is 0.684. The van der Waals surface area contributed by atoms with Gasteiger partial charge in [-0.15, -0.1) is 0 Å². The Hall–Kier alpha value is -0.590. The van der Waals surface area contributed by atoms with E-state index in [9.17, 15) is 5.26 Å². The van der Waals surface area contributed by atoms with E-state index in [1.54, 1.807) is 0 Å². The van der Waals surface area contributed by atoms with Crippen molar-refractivity contribution >= 4 is 0 Å². The molecule has 3 nitrogen and oxygen atoms in total. The fourth-order valence-corrected chi connectivity index (χ4v) is 2.41. The van der Waals surface area contributed by atoms with Crippen LogP contribution >= 0.6 is 0 Å². The average molecular weight is 223 g/mol. The molecule has 0 heterocycles. The molecule has 0 saturated heterocycles. The van der Waals surface area contributed by atoms with Crippen molar-refractivity contribution < 1.29 is 0 Å². The van der Waals surface area contributed by atoms with E-state index in [4.69, 9.17) is 0 Å². The van der Waals surface area contributed by atoms with Gasteiger partial charge in [-0.3, -0.25) is 5.32 Å². The van der Waals surface area contributed by atoms with Gasteiger partial charge < -0.3 is 4.90 Å². The molecule has 1 atom stereocenters. The molecule has 1 aliphatic carbocycles. The van der Waals surface area contributed by atoms with Gasteiger partial charge >= 0.3 is 0 Å². The van der Waals surface area contributed by atoms with Gasteiger partial charge in [-0.2, -0.15) is 5.26 Å². The zero-order valence-corrected chi connectivity index (χ0v) is 10.9. The fraction of sp³-hybridized carbons (Fsp3) is 0.923. The summed E-state index contributed by atoms with van der Waals surface area (Å²) in [5.74, 6) is 0.573. The number of hydrogen-bond acceptors (Lipinski definition) is 3. The molecule has 0 radical (unpaired) electrons. The highest BCUT2D eigenvalue weighted by molar-refractivity contribution is 5.16. The zero-order valence-electron chi connectivity index (χ0n) is 10.9. The fourth-order valence-electron chi connectivity index (χ4n) is 2.41. The SMILES string of the molecule is CCCN(CC)CC(C#N)(NCC)C1CC1. The smallest absolute Gasteiger partial charge is 0.122 e. The maximum atomic E-state index is 9.49. The molecule has 92 valence electrons. The molecule has 1 unspecified atom stereocenters. The Bertz CT molecular complexity index is 242. The van der Waals surface area contributed by atoms with Gasteiger partial charge in [0, 0.05) is 6.54 Å². The van der Waals surface area contributed by atoms with Crippen molar-refractivity contribution in [3.8, 4) is 6.07 Å². The lowest BCUT2D eigenvalue weighted by Gasteiger charge is -2.33. The molecule has 1 N–H and O–H groups in total. The summed E-state index contributed by atoms with van der Waals surface area (Å²) in [6.07, 6.45) is 3.58. The van der Waals surface area contributed by atoms with Crippen molar-refractivity contribution in [1.82, 2.24) is 10.2 Å². The first-order chi connectivity index (χ1) is 7.72. The third kappa shape index (κ3) is 3.20. The number of likely N-dealkylation sites (N-methyl/N-ethyl adjacent to an activating group) is 2. The normalized spacial score (nSPS) is 19.4. The molecule has 1 fully saturated rings. The van der Waals surface area contributed by atoms with Crippen LogP contribution in [-0.2, 0) is 0 Å². The minimum Gasteiger partial charge on any atom is -0.301 e. The summed E-state index contributed by atoms with van der Waals surface area (Å²) in [6.45, 7) is 10.4. The molecular formula is C13H25N3. The van der Waals surface area contributed by atoms with Crippen molar-refractivity contribution in [2.75, 3.05) is 26.2 Å². The molecule has 0 bridgehead atoms. The Morgan fingerprint density at radius 2 is 2.06 bits per heavy atom. The molecule has 16 heavy (non-hydrogen) atoms. The van der Waals surface area contributed by atoms with Gasteiger partial charge in [0.1, 0.15) is 5.54 Å². The predicted molar refractivity (Wildman–Crippen MR) is 67.1 cm³/mol. The Labute approximate surface area is 99.8 Å². The third-order valence-electron chi connectivity index (χ3n) is 3.43. The van der Waals surface area contributed by atoms with Crippen LogP contribution in [0.5, 0.6) is 0 Å². The monoisotopic (exact) mass is 223 g/mol. The predicted octanol–water partition coefficient (Wildman–Crippen LogP) is 2.00. The average Bonchev–Trinajstić information content (AvgIpc) is 3.11. The summed E-state index contributed by atoms with van der Waals surface area (Å²) < 4.78 is 0. The second-order valence-electron chi connectivity index (χ2n) is 4.76. The van der Waals surface area contributed by atoms with Gasteiger partial charge in [-0.25, -0.2) is 0 Å². The van der Waals surface area contributed by atoms with Crippen LogP contribution in [0.2, 0.25) is 0 Å². The minimum atomic E-state index is -0.292. The van der Waals surface area contributed by atoms with Crippen LogP contribution in [0.1, 0.15) is 40.0 Å². The number of rotatable bonds is 8. The summed E-state index contributed by atoms with van der Waals surface area (Å²) in [6, 6.07) is 2.55. The van der Waals surface area contributed by atoms with E-state index in [2.05, 4.69) is 37.1 Å². The Morgan fingerprint density at radius 3 is 2.44 bits per heavy atom. The maximum absolute atomic E-state index is 9.49. The first-order valence-electron chi connectivity index (χ1n) is 6.61. The van der Waals surface area contributed by atoms with Crippen molar-refractivity contribution in [3.63, 3.8) is 0 Å². The topological polar surface area (TPSA) is 39.1 Å². The number of nitrogens with zero attached hydrogens (tertiary/aromatic N) is 2. The van der Waals surface area contributed by atoms with E-state index in [0.29, 0.717) is 5.92 Å². The molecule has 0 aromatic rings.